The normalized spacial score (nSPS) is 16.6. The molecule has 0 aromatic carbocycles. The molecule has 2 heterocycles. The first kappa shape index (κ1) is 14.8. The molecule has 1 aliphatic rings. The van der Waals surface area contributed by atoms with Crippen molar-refractivity contribution in [1.82, 2.24) is 15.0 Å². The molecule has 1 aliphatic heterocycles. The first-order chi connectivity index (χ1) is 9.58. The van der Waals surface area contributed by atoms with Crippen LogP contribution in [0.5, 0.6) is 6.01 Å². The molecule has 0 saturated carbocycles. The van der Waals surface area contributed by atoms with Crippen LogP contribution in [0.4, 0.5) is 11.9 Å². The molecule has 1 aromatic heterocycles. The number of ether oxygens (including phenoxy) is 1. The Hall–Kier alpha value is -1.59. The molecule has 1 N–H and O–H groups in total. The van der Waals surface area contributed by atoms with E-state index in [0.717, 1.165) is 19.5 Å². The Bertz CT molecular complexity index is 432. The standard InChI is InChI=1S/C14H25N5O/c1-10(2)9-11(3)20-14-17-12(15-4)16-13(18-14)19-7-5-6-8-19/h10-11H,5-9H2,1-4H3,(H,15,16,17,18). The van der Waals surface area contributed by atoms with E-state index >= 15 is 0 Å². The maximum absolute atomic E-state index is 5.84. The van der Waals surface area contributed by atoms with E-state index in [0.29, 0.717) is 23.8 Å². The second-order valence-corrected chi connectivity index (χ2v) is 5.74. The van der Waals surface area contributed by atoms with E-state index in [1.807, 2.05) is 7.05 Å². The zero-order valence-corrected chi connectivity index (χ0v) is 12.9. The first-order valence-corrected chi connectivity index (χ1v) is 7.44. The van der Waals surface area contributed by atoms with Crippen molar-refractivity contribution in [3.63, 3.8) is 0 Å². The molecular formula is C14H25N5O. The Morgan fingerprint density at radius 1 is 1.15 bits per heavy atom. The average molecular weight is 279 g/mol. The van der Waals surface area contributed by atoms with Crippen LogP contribution in [0.25, 0.3) is 0 Å². The van der Waals surface area contributed by atoms with Crippen molar-refractivity contribution in [3.05, 3.63) is 0 Å². The fraction of sp³-hybridized carbons (Fsp3) is 0.786. The van der Waals surface area contributed by atoms with Gasteiger partial charge in [-0.25, -0.2) is 0 Å². The summed E-state index contributed by atoms with van der Waals surface area (Å²) in [5.41, 5.74) is 0. The minimum absolute atomic E-state index is 0.105. The number of aromatic nitrogens is 3. The van der Waals surface area contributed by atoms with Crippen molar-refractivity contribution >= 4 is 11.9 Å². The third-order valence-corrected chi connectivity index (χ3v) is 3.33. The quantitative estimate of drug-likeness (QED) is 0.862. The second-order valence-electron chi connectivity index (χ2n) is 5.74. The van der Waals surface area contributed by atoms with Crippen molar-refractivity contribution in [2.45, 2.75) is 46.1 Å². The van der Waals surface area contributed by atoms with Crippen LogP contribution in [0, 0.1) is 5.92 Å². The lowest BCUT2D eigenvalue weighted by atomic mass is 10.1. The molecule has 6 nitrogen and oxygen atoms in total. The van der Waals surface area contributed by atoms with E-state index in [4.69, 9.17) is 4.74 Å². The lowest BCUT2D eigenvalue weighted by Gasteiger charge is -2.19. The predicted octanol–water partition coefficient (Wildman–Crippen LogP) is 2.33. The van der Waals surface area contributed by atoms with Crippen molar-refractivity contribution in [3.8, 4) is 6.01 Å². The Balaban J connectivity index is 2.12. The predicted molar refractivity (Wildman–Crippen MR) is 80.4 cm³/mol. The third kappa shape index (κ3) is 3.95. The summed E-state index contributed by atoms with van der Waals surface area (Å²) >= 11 is 0. The topological polar surface area (TPSA) is 63.2 Å². The second kappa shape index (κ2) is 6.72. The van der Waals surface area contributed by atoms with Gasteiger partial charge in [0, 0.05) is 20.1 Å². The van der Waals surface area contributed by atoms with Crippen LogP contribution in [-0.4, -0.2) is 41.2 Å². The van der Waals surface area contributed by atoms with E-state index in [-0.39, 0.29) is 6.10 Å². The first-order valence-electron chi connectivity index (χ1n) is 7.44. The van der Waals surface area contributed by atoms with Crippen molar-refractivity contribution < 1.29 is 4.74 Å². The van der Waals surface area contributed by atoms with Gasteiger partial charge in [-0.3, -0.25) is 0 Å². The smallest absolute Gasteiger partial charge is 0.323 e. The van der Waals surface area contributed by atoms with E-state index in [1.54, 1.807) is 0 Å². The number of hydrogen-bond donors (Lipinski definition) is 1. The summed E-state index contributed by atoms with van der Waals surface area (Å²) in [5.74, 6) is 1.87. The Morgan fingerprint density at radius 3 is 2.45 bits per heavy atom. The number of nitrogens with zero attached hydrogens (tertiary/aromatic N) is 4. The molecule has 2 rings (SSSR count). The molecule has 0 amide bonds. The van der Waals surface area contributed by atoms with E-state index in [2.05, 4.69) is 45.9 Å². The van der Waals surface area contributed by atoms with Crippen LogP contribution in [-0.2, 0) is 0 Å². The molecular weight excluding hydrogens is 254 g/mol. The van der Waals surface area contributed by atoms with Gasteiger partial charge in [0.2, 0.25) is 11.9 Å². The lowest BCUT2D eigenvalue weighted by Crippen LogP contribution is -2.23. The summed E-state index contributed by atoms with van der Waals surface area (Å²) in [4.78, 5) is 15.3. The average Bonchev–Trinajstić information content (AvgIpc) is 2.91. The van der Waals surface area contributed by atoms with Crippen LogP contribution in [0.1, 0.15) is 40.0 Å². The van der Waals surface area contributed by atoms with E-state index in [9.17, 15) is 0 Å². The molecule has 1 fully saturated rings. The molecule has 0 bridgehead atoms. The molecule has 1 unspecified atom stereocenters. The molecule has 1 aromatic rings. The Kier molecular flexibility index (Phi) is 4.98. The van der Waals surface area contributed by atoms with Crippen LogP contribution in [0.3, 0.4) is 0 Å². The van der Waals surface area contributed by atoms with Gasteiger partial charge >= 0.3 is 6.01 Å². The summed E-state index contributed by atoms with van der Waals surface area (Å²) in [6.07, 6.45) is 3.48. The highest BCUT2D eigenvalue weighted by Crippen LogP contribution is 2.20. The molecule has 112 valence electrons. The van der Waals surface area contributed by atoms with Crippen LogP contribution < -0.4 is 15.0 Å². The third-order valence-electron chi connectivity index (χ3n) is 3.33. The van der Waals surface area contributed by atoms with Crippen molar-refractivity contribution in [2.24, 2.45) is 5.92 Å². The number of nitrogens with one attached hydrogen (secondary N) is 1. The van der Waals surface area contributed by atoms with Gasteiger partial charge in [-0.2, -0.15) is 15.0 Å². The maximum atomic E-state index is 5.84. The van der Waals surface area contributed by atoms with Crippen molar-refractivity contribution in [1.29, 1.82) is 0 Å². The van der Waals surface area contributed by atoms with E-state index < -0.39 is 0 Å². The largest absolute Gasteiger partial charge is 0.460 e. The SMILES string of the molecule is CNc1nc(OC(C)CC(C)C)nc(N2CCCC2)n1. The van der Waals surface area contributed by atoms with Gasteiger partial charge in [0.1, 0.15) is 0 Å². The minimum atomic E-state index is 0.105. The fourth-order valence-corrected chi connectivity index (χ4v) is 2.46. The summed E-state index contributed by atoms with van der Waals surface area (Å²) in [5, 5.41) is 2.98. The molecule has 6 heteroatoms. The highest BCUT2D eigenvalue weighted by molar-refractivity contribution is 5.38. The molecule has 1 saturated heterocycles. The van der Waals surface area contributed by atoms with Gasteiger partial charge in [-0.05, 0) is 32.1 Å². The highest BCUT2D eigenvalue weighted by atomic mass is 16.5. The summed E-state index contributed by atoms with van der Waals surface area (Å²) in [6.45, 7) is 8.44. The summed E-state index contributed by atoms with van der Waals surface area (Å²) < 4.78 is 5.84. The molecule has 0 spiro atoms. The molecule has 20 heavy (non-hydrogen) atoms. The van der Waals surface area contributed by atoms with Gasteiger partial charge in [0.15, 0.2) is 0 Å². The van der Waals surface area contributed by atoms with Crippen LogP contribution >= 0.6 is 0 Å². The van der Waals surface area contributed by atoms with Crippen LogP contribution in [0.2, 0.25) is 0 Å². The van der Waals surface area contributed by atoms with Gasteiger partial charge in [0.05, 0.1) is 6.10 Å². The number of hydrogen-bond acceptors (Lipinski definition) is 6. The monoisotopic (exact) mass is 279 g/mol. The molecule has 0 aliphatic carbocycles. The fourth-order valence-electron chi connectivity index (χ4n) is 2.46. The van der Waals surface area contributed by atoms with Crippen LogP contribution in [0.15, 0.2) is 0 Å². The Morgan fingerprint density at radius 2 is 1.85 bits per heavy atom. The van der Waals surface area contributed by atoms with Gasteiger partial charge in [-0.1, -0.05) is 13.8 Å². The maximum Gasteiger partial charge on any atom is 0.323 e. The summed E-state index contributed by atoms with van der Waals surface area (Å²) in [7, 11) is 1.81. The van der Waals surface area contributed by atoms with E-state index in [1.165, 1.54) is 12.8 Å². The summed E-state index contributed by atoms with van der Waals surface area (Å²) in [6, 6.07) is 0.416. The van der Waals surface area contributed by atoms with Crippen molar-refractivity contribution in [2.75, 3.05) is 30.4 Å². The van der Waals surface area contributed by atoms with Gasteiger partial charge < -0.3 is 15.0 Å². The lowest BCUT2D eigenvalue weighted by molar-refractivity contribution is 0.177. The zero-order valence-electron chi connectivity index (χ0n) is 12.9. The Labute approximate surface area is 121 Å². The molecule has 0 radical (unpaired) electrons. The highest BCUT2D eigenvalue weighted by Gasteiger charge is 2.18. The zero-order chi connectivity index (χ0) is 14.5. The number of rotatable bonds is 6. The minimum Gasteiger partial charge on any atom is -0.460 e. The molecule has 1 atom stereocenters. The van der Waals surface area contributed by atoms with Gasteiger partial charge in [0.25, 0.3) is 0 Å². The van der Waals surface area contributed by atoms with Gasteiger partial charge in [-0.15, -0.1) is 0 Å². The number of anilines is 2.